The van der Waals surface area contributed by atoms with Crippen molar-refractivity contribution in [3.05, 3.63) is 29.8 Å². The SMILES string of the molecule is CC1CN(S(=O)(=O)c2ccc(CC#N)cc2)C(C)CN1. The molecule has 0 aliphatic carbocycles. The Kier molecular flexibility index (Phi) is 4.43. The lowest BCUT2D eigenvalue weighted by atomic mass is 10.2. The zero-order valence-electron chi connectivity index (χ0n) is 11.7. The Morgan fingerprint density at radius 3 is 2.60 bits per heavy atom. The van der Waals surface area contributed by atoms with Gasteiger partial charge in [-0.2, -0.15) is 9.57 Å². The molecule has 1 aliphatic rings. The van der Waals surface area contributed by atoms with Gasteiger partial charge in [-0.15, -0.1) is 0 Å². The van der Waals surface area contributed by atoms with E-state index < -0.39 is 10.0 Å². The number of nitrogens with one attached hydrogen (secondary N) is 1. The molecule has 1 saturated heterocycles. The Morgan fingerprint density at radius 2 is 2.00 bits per heavy atom. The van der Waals surface area contributed by atoms with Crippen molar-refractivity contribution in [2.75, 3.05) is 13.1 Å². The van der Waals surface area contributed by atoms with Crippen LogP contribution in [0.5, 0.6) is 0 Å². The molecule has 2 rings (SSSR count). The largest absolute Gasteiger partial charge is 0.311 e. The van der Waals surface area contributed by atoms with Crippen LogP contribution in [0.1, 0.15) is 19.4 Å². The van der Waals surface area contributed by atoms with Gasteiger partial charge < -0.3 is 5.32 Å². The molecule has 20 heavy (non-hydrogen) atoms. The van der Waals surface area contributed by atoms with Gasteiger partial charge in [-0.25, -0.2) is 8.42 Å². The second kappa shape index (κ2) is 5.92. The summed E-state index contributed by atoms with van der Waals surface area (Å²) >= 11 is 0. The molecule has 0 spiro atoms. The minimum Gasteiger partial charge on any atom is -0.311 e. The van der Waals surface area contributed by atoms with Gasteiger partial charge in [0.25, 0.3) is 0 Å². The molecule has 0 amide bonds. The molecule has 0 aromatic heterocycles. The van der Waals surface area contributed by atoms with Crippen molar-refractivity contribution in [1.82, 2.24) is 9.62 Å². The molecule has 5 nitrogen and oxygen atoms in total. The van der Waals surface area contributed by atoms with E-state index in [9.17, 15) is 8.42 Å². The summed E-state index contributed by atoms with van der Waals surface area (Å²) in [6.45, 7) is 5.02. The van der Waals surface area contributed by atoms with Gasteiger partial charge in [0.15, 0.2) is 0 Å². The number of nitriles is 1. The Labute approximate surface area is 120 Å². The average Bonchev–Trinajstić information content (AvgIpc) is 2.42. The molecule has 0 bridgehead atoms. The summed E-state index contributed by atoms with van der Waals surface area (Å²) in [4.78, 5) is 0.292. The first-order valence-corrected chi connectivity index (χ1v) is 8.10. The second-order valence-electron chi connectivity index (χ2n) is 5.21. The maximum atomic E-state index is 12.6. The molecule has 0 saturated carbocycles. The number of sulfonamides is 1. The Bertz CT molecular complexity index is 604. The van der Waals surface area contributed by atoms with E-state index >= 15 is 0 Å². The highest BCUT2D eigenvalue weighted by atomic mass is 32.2. The molecule has 1 fully saturated rings. The van der Waals surface area contributed by atoms with E-state index in [4.69, 9.17) is 5.26 Å². The molecule has 1 aliphatic heterocycles. The van der Waals surface area contributed by atoms with Crippen molar-refractivity contribution < 1.29 is 8.42 Å². The van der Waals surface area contributed by atoms with Crippen molar-refractivity contribution in [3.63, 3.8) is 0 Å². The predicted molar refractivity (Wildman–Crippen MR) is 76.6 cm³/mol. The van der Waals surface area contributed by atoms with E-state index in [2.05, 4.69) is 11.4 Å². The lowest BCUT2D eigenvalue weighted by Gasteiger charge is -2.36. The van der Waals surface area contributed by atoms with Gasteiger partial charge in [0, 0.05) is 25.2 Å². The lowest BCUT2D eigenvalue weighted by Crippen LogP contribution is -2.56. The van der Waals surface area contributed by atoms with E-state index in [-0.39, 0.29) is 12.1 Å². The summed E-state index contributed by atoms with van der Waals surface area (Å²) in [6, 6.07) is 8.71. The fraction of sp³-hybridized carbons (Fsp3) is 0.500. The number of hydrogen-bond donors (Lipinski definition) is 1. The molecule has 1 heterocycles. The zero-order chi connectivity index (χ0) is 14.8. The van der Waals surface area contributed by atoms with Crippen molar-refractivity contribution >= 4 is 10.0 Å². The molecule has 1 aromatic rings. The van der Waals surface area contributed by atoms with E-state index in [0.29, 0.717) is 24.4 Å². The first kappa shape index (κ1) is 15.0. The van der Waals surface area contributed by atoms with Crippen LogP contribution in [0.3, 0.4) is 0 Å². The van der Waals surface area contributed by atoms with Crippen LogP contribution in [0.25, 0.3) is 0 Å². The summed E-state index contributed by atoms with van der Waals surface area (Å²) < 4.78 is 26.8. The minimum absolute atomic E-state index is 0.0602. The highest BCUT2D eigenvalue weighted by molar-refractivity contribution is 7.89. The van der Waals surface area contributed by atoms with Crippen molar-refractivity contribution in [2.24, 2.45) is 0 Å². The topological polar surface area (TPSA) is 73.2 Å². The van der Waals surface area contributed by atoms with Crippen LogP contribution in [0.4, 0.5) is 0 Å². The van der Waals surface area contributed by atoms with E-state index in [1.54, 1.807) is 28.6 Å². The van der Waals surface area contributed by atoms with Crippen LogP contribution in [0.2, 0.25) is 0 Å². The van der Waals surface area contributed by atoms with Gasteiger partial charge >= 0.3 is 0 Å². The van der Waals surface area contributed by atoms with Crippen LogP contribution in [-0.2, 0) is 16.4 Å². The quantitative estimate of drug-likeness (QED) is 0.906. The summed E-state index contributed by atoms with van der Waals surface area (Å²) in [5.41, 5.74) is 0.827. The predicted octanol–water partition coefficient (Wildman–Crippen LogP) is 1.12. The highest BCUT2D eigenvalue weighted by Gasteiger charge is 2.33. The van der Waals surface area contributed by atoms with Crippen LogP contribution in [0.15, 0.2) is 29.2 Å². The van der Waals surface area contributed by atoms with Gasteiger partial charge in [0.1, 0.15) is 0 Å². The van der Waals surface area contributed by atoms with Gasteiger partial charge in [-0.3, -0.25) is 0 Å². The minimum atomic E-state index is -3.47. The maximum absolute atomic E-state index is 12.6. The third kappa shape index (κ3) is 3.01. The lowest BCUT2D eigenvalue weighted by molar-refractivity contribution is 0.244. The Hall–Kier alpha value is -1.42. The van der Waals surface area contributed by atoms with E-state index in [0.717, 1.165) is 5.56 Å². The fourth-order valence-electron chi connectivity index (χ4n) is 2.33. The number of benzene rings is 1. The van der Waals surface area contributed by atoms with Crippen LogP contribution in [0, 0.1) is 11.3 Å². The van der Waals surface area contributed by atoms with Crippen molar-refractivity contribution in [2.45, 2.75) is 37.2 Å². The summed E-state index contributed by atoms with van der Waals surface area (Å²) in [7, 11) is -3.47. The van der Waals surface area contributed by atoms with Crippen LogP contribution >= 0.6 is 0 Å². The van der Waals surface area contributed by atoms with Gasteiger partial charge in [-0.1, -0.05) is 12.1 Å². The molecule has 0 radical (unpaired) electrons. The monoisotopic (exact) mass is 293 g/mol. The first-order chi connectivity index (χ1) is 9.45. The van der Waals surface area contributed by atoms with Crippen LogP contribution < -0.4 is 5.32 Å². The average molecular weight is 293 g/mol. The first-order valence-electron chi connectivity index (χ1n) is 6.66. The molecule has 1 N–H and O–H groups in total. The zero-order valence-corrected chi connectivity index (χ0v) is 12.5. The number of rotatable bonds is 3. The normalized spacial score (nSPS) is 24.2. The number of hydrogen-bond acceptors (Lipinski definition) is 4. The van der Waals surface area contributed by atoms with Crippen LogP contribution in [-0.4, -0.2) is 37.9 Å². The maximum Gasteiger partial charge on any atom is 0.243 e. The highest BCUT2D eigenvalue weighted by Crippen LogP contribution is 2.21. The van der Waals surface area contributed by atoms with E-state index in [1.165, 1.54) is 0 Å². The summed E-state index contributed by atoms with van der Waals surface area (Å²) in [6.07, 6.45) is 0.293. The number of nitrogens with zero attached hydrogens (tertiary/aromatic N) is 2. The standard InChI is InChI=1S/C14H19N3O2S/c1-11-10-17(12(2)9-16-11)20(18,19)14-5-3-13(4-6-14)7-8-15/h3-6,11-12,16H,7,9-10H2,1-2H3. The smallest absolute Gasteiger partial charge is 0.243 e. The molecule has 108 valence electrons. The van der Waals surface area contributed by atoms with Gasteiger partial charge in [0.2, 0.25) is 10.0 Å². The Morgan fingerprint density at radius 1 is 1.35 bits per heavy atom. The molecule has 2 atom stereocenters. The number of piperazine rings is 1. The molecule has 1 aromatic carbocycles. The molecule has 2 unspecified atom stereocenters. The molecular weight excluding hydrogens is 274 g/mol. The third-order valence-corrected chi connectivity index (χ3v) is 5.51. The third-order valence-electron chi connectivity index (χ3n) is 3.52. The Balaban J connectivity index is 2.27. The molecule has 6 heteroatoms. The van der Waals surface area contributed by atoms with Crippen molar-refractivity contribution in [3.8, 4) is 6.07 Å². The summed E-state index contributed by atoms with van der Waals surface area (Å²) in [5.74, 6) is 0. The second-order valence-corrected chi connectivity index (χ2v) is 7.10. The molecular formula is C14H19N3O2S. The van der Waals surface area contributed by atoms with Crippen molar-refractivity contribution in [1.29, 1.82) is 5.26 Å². The van der Waals surface area contributed by atoms with E-state index in [1.807, 2.05) is 13.8 Å². The fourth-order valence-corrected chi connectivity index (χ4v) is 4.05. The van der Waals surface area contributed by atoms with Gasteiger partial charge in [0.05, 0.1) is 17.4 Å². The van der Waals surface area contributed by atoms with Gasteiger partial charge in [-0.05, 0) is 31.5 Å². The summed E-state index contributed by atoms with van der Waals surface area (Å²) in [5, 5.41) is 11.9.